The van der Waals surface area contributed by atoms with Crippen LogP contribution < -0.4 is 4.74 Å². The third-order valence-corrected chi connectivity index (χ3v) is 9.52. The Balaban J connectivity index is 0.00000278. The Hall–Kier alpha value is -4.02. The van der Waals surface area contributed by atoms with Crippen LogP contribution in [0.2, 0.25) is 0 Å². The zero-order valence-electron chi connectivity index (χ0n) is 23.9. The Morgan fingerprint density at radius 2 is 1.84 bits per heavy atom. The summed E-state index contributed by atoms with van der Waals surface area (Å²) in [7, 11) is 0. The van der Waals surface area contributed by atoms with Crippen LogP contribution in [0.15, 0.2) is 84.2 Å². The molecule has 2 aromatic carbocycles. The van der Waals surface area contributed by atoms with Crippen molar-refractivity contribution in [2.75, 3.05) is 0 Å². The summed E-state index contributed by atoms with van der Waals surface area (Å²) in [4.78, 5) is 14.3. The second-order valence-corrected chi connectivity index (χ2v) is 12.3. The molecule has 2 aliphatic carbocycles. The molecule has 0 bridgehead atoms. The second-order valence-electron chi connectivity index (χ2n) is 12.3. The Labute approximate surface area is 264 Å². The molecule has 0 amide bonds. The van der Waals surface area contributed by atoms with Gasteiger partial charge >= 0.3 is 21.1 Å². The summed E-state index contributed by atoms with van der Waals surface area (Å²) in [6.07, 6.45) is 13.4. The maximum Gasteiger partial charge on any atom is 2.00 e. The molecule has 43 heavy (non-hydrogen) atoms. The minimum absolute atomic E-state index is 0. The first-order chi connectivity index (χ1) is 20.5. The molecule has 9 rings (SSSR count). The molecule has 5 aromatic rings. The van der Waals surface area contributed by atoms with Gasteiger partial charge in [0, 0.05) is 40.1 Å². The molecule has 0 radical (unpaired) electrons. The summed E-state index contributed by atoms with van der Waals surface area (Å²) < 4.78 is 15.0. The molecule has 6 nitrogen and oxygen atoms in total. The largest absolute Gasteiger partial charge is 2.00 e. The van der Waals surface area contributed by atoms with E-state index in [0.29, 0.717) is 34.9 Å². The monoisotopic (exact) mass is 743 g/mol. The number of hydrogen-bond acceptors (Lipinski definition) is 5. The van der Waals surface area contributed by atoms with Crippen LogP contribution in [-0.4, -0.2) is 32.6 Å². The van der Waals surface area contributed by atoms with Gasteiger partial charge in [-0.25, -0.2) is 4.98 Å². The van der Waals surface area contributed by atoms with Gasteiger partial charge in [-0.2, -0.15) is 6.07 Å². The Bertz CT molecular complexity index is 2060. The number of ether oxygens (including phenoxy) is 2. The molecule has 4 aliphatic rings. The van der Waals surface area contributed by atoms with Crippen molar-refractivity contribution >= 4 is 27.8 Å². The average Bonchev–Trinajstić information content (AvgIpc) is 3.67. The number of para-hydroxylation sites is 1. The van der Waals surface area contributed by atoms with E-state index in [-0.39, 0.29) is 38.6 Å². The van der Waals surface area contributed by atoms with Crippen LogP contribution >= 0.6 is 0 Å². The number of allylic oxidation sites excluding steroid dienone is 3. The van der Waals surface area contributed by atoms with Crippen molar-refractivity contribution in [1.82, 2.24) is 14.5 Å². The van der Waals surface area contributed by atoms with Crippen molar-refractivity contribution in [1.29, 1.82) is 0 Å². The molecule has 0 spiro atoms. The Kier molecular flexibility index (Phi) is 5.87. The molecule has 2 unspecified atom stereocenters. The van der Waals surface area contributed by atoms with E-state index in [9.17, 15) is 0 Å². The fourth-order valence-electron chi connectivity index (χ4n) is 7.43. The molecular weight excluding hydrogens is 716 g/mol. The Morgan fingerprint density at radius 1 is 0.977 bits per heavy atom. The predicted octanol–water partition coefficient (Wildman–Crippen LogP) is 7.19. The number of pyridine rings is 2. The molecule has 2 aliphatic heterocycles. The van der Waals surface area contributed by atoms with Gasteiger partial charge in [-0.05, 0) is 41.6 Å². The maximum atomic E-state index is 6.48. The van der Waals surface area contributed by atoms with Crippen molar-refractivity contribution in [3.05, 3.63) is 114 Å². The van der Waals surface area contributed by atoms with E-state index in [1.165, 1.54) is 22.0 Å². The van der Waals surface area contributed by atoms with Crippen LogP contribution in [0.1, 0.15) is 42.7 Å². The van der Waals surface area contributed by atoms with Gasteiger partial charge in [0.25, 0.3) is 0 Å². The third kappa shape index (κ3) is 3.78. The first-order valence-electron chi connectivity index (χ1n) is 14.6. The minimum atomic E-state index is -0.215. The molecule has 0 N–H and O–H groups in total. The van der Waals surface area contributed by atoms with Crippen LogP contribution in [0.25, 0.3) is 27.6 Å². The second kappa shape index (κ2) is 9.49. The van der Waals surface area contributed by atoms with Gasteiger partial charge in [0.1, 0.15) is 17.6 Å². The maximum absolute atomic E-state index is 6.48. The van der Waals surface area contributed by atoms with Gasteiger partial charge < -0.3 is 19.0 Å². The fourth-order valence-corrected chi connectivity index (χ4v) is 7.43. The summed E-state index contributed by atoms with van der Waals surface area (Å²) >= 11 is 0. The summed E-state index contributed by atoms with van der Waals surface area (Å²) in [5.74, 6) is 2.63. The quantitative estimate of drug-likeness (QED) is 0.184. The number of nitrogens with zero attached hydrogens (tertiary/aromatic N) is 4. The fraction of sp³-hybridized carbons (Fsp3) is 0.250. The van der Waals surface area contributed by atoms with Crippen LogP contribution in [0.4, 0.5) is 0 Å². The number of fused-ring (bicyclic) bond motifs is 8. The standard InChI is InChI=1S/C36H28N4O2.Pt/c1-20-16-27-29(40-33-24(25-11-7-14-38-34(25)40)10-6-12-26(33)36(27,2)3)19-30(20)41-22-13-15-37-28(18-22)35-39-32-23-9-5-4-8-21(23)17-31(32)42-35;/h4-16,21,23,31-32H,17H2,1-3H3;/q-2;+2/t21?,23?,31-,32+;/m0./s1. The van der Waals surface area contributed by atoms with Crippen LogP contribution in [-0.2, 0) is 31.2 Å². The van der Waals surface area contributed by atoms with Gasteiger partial charge in [0.05, 0.1) is 11.6 Å². The van der Waals surface area contributed by atoms with Crippen molar-refractivity contribution in [2.45, 2.75) is 44.8 Å². The minimum Gasteiger partial charge on any atom is -0.527 e. The number of aryl methyl sites for hydroxylation is 1. The van der Waals surface area contributed by atoms with Crippen molar-refractivity contribution in [3.63, 3.8) is 0 Å². The van der Waals surface area contributed by atoms with E-state index in [1.807, 2.05) is 18.3 Å². The van der Waals surface area contributed by atoms with Gasteiger partial charge in [0.2, 0.25) is 0 Å². The summed E-state index contributed by atoms with van der Waals surface area (Å²) in [5, 5.41) is 2.33. The average molecular weight is 744 g/mol. The summed E-state index contributed by atoms with van der Waals surface area (Å²) in [6, 6.07) is 21.9. The molecule has 1 saturated carbocycles. The third-order valence-electron chi connectivity index (χ3n) is 9.52. The topological polar surface area (TPSA) is 61.5 Å². The molecule has 0 saturated heterocycles. The van der Waals surface area contributed by atoms with Gasteiger partial charge in [-0.15, -0.1) is 23.3 Å². The molecule has 5 heterocycles. The van der Waals surface area contributed by atoms with E-state index in [4.69, 9.17) is 19.5 Å². The van der Waals surface area contributed by atoms with Crippen molar-refractivity contribution < 1.29 is 30.5 Å². The SMILES string of the molecule is Cc1cc2c([c-]c1Oc1[c-]c(C3=N[C@@H]4C5C=CC=CC5C[C@@H]4O3)ncc1)-n1c3ncccc3c3cccc(c31)C2(C)C.[Pt+2]. The number of aliphatic imine (C=N–C) groups is 1. The van der Waals surface area contributed by atoms with E-state index in [1.54, 1.807) is 6.20 Å². The van der Waals surface area contributed by atoms with Crippen LogP contribution in [0, 0.1) is 30.9 Å². The van der Waals surface area contributed by atoms with Gasteiger partial charge in [-0.3, -0.25) is 4.98 Å². The number of benzene rings is 2. The Morgan fingerprint density at radius 3 is 2.74 bits per heavy atom. The van der Waals surface area contributed by atoms with Crippen molar-refractivity contribution in [3.8, 4) is 17.2 Å². The number of aromatic nitrogens is 3. The van der Waals surface area contributed by atoms with E-state index >= 15 is 0 Å². The number of rotatable bonds is 3. The normalized spacial score (nSPS) is 23.7. The molecule has 214 valence electrons. The van der Waals surface area contributed by atoms with Crippen LogP contribution in [0.5, 0.6) is 11.5 Å². The molecule has 7 heteroatoms. The summed E-state index contributed by atoms with van der Waals surface area (Å²) in [5.41, 5.74) is 6.91. The van der Waals surface area contributed by atoms with Gasteiger partial charge in [-0.1, -0.05) is 75.0 Å². The molecular formula is C36H28N4O2Pt. The smallest absolute Gasteiger partial charge is 0.527 e. The predicted molar refractivity (Wildman–Crippen MR) is 162 cm³/mol. The van der Waals surface area contributed by atoms with E-state index < -0.39 is 0 Å². The molecule has 3 aromatic heterocycles. The zero-order valence-corrected chi connectivity index (χ0v) is 26.2. The van der Waals surface area contributed by atoms with Gasteiger partial charge in [0.15, 0.2) is 0 Å². The number of hydrogen-bond donors (Lipinski definition) is 0. The van der Waals surface area contributed by atoms with E-state index in [0.717, 1.165) is 28.7 Å². The zero-order chi connectivity index (χ0) is 28.2. The first-order valence-corrected chi connectivity index (χ1v) is 14.6. The first kappa shape index (κ1) is 26.6. The van der Waals surface area contributed by atoms with Crippen LogP contribution in [0.3, 0.4) is 0 Å². The molecule has 1 fully saturated rings. The summed E-state index contributed by atoms with van der Waals surface area (Å²) in [6.45, 7) is 6.64. The van der Waals surface area contributed by atoms with E-state index in [2.05, 4.69) is 97.1 Å². The molecule has 4 atom stereocenters. The van der Waals surface area contributed by atoms with Crippen molar-refractivity contribution in [2.24, 2.45) is 16.8 Å².